The summed E-state index contributed by atoms with van der Waals surface area (Å²) in [4.78, 5) is 14.7. The van der Waals surface area contributed by atoms with Gasteiger partial charge in [-0.1, -0.05) is 19.1 Å². The summed E-state index contributed by atoms with van der Waals surface area (Å²) in [7, 11) is 1.39. The molecule has 2 aromatic carbocycles. The van der Waals surface area contributed by atoms with Crippen molar-refractivity contribution in [3.63, 3.8) is 0 Å². The molecule has 0 bridgehead atoms. The third kappa shape index (κ3) is 5.91. The lowest BCUT2D eigenvalue weighted by Crippen LogP contribution is -2.43. The molecule has 0 aliphatic carbocycles. The van der Waals surface area contributed by atoms with Crippen molar-refractivity contribution in [3.8, 4) is 11.5 Å². The minimum atomic E-state index is -4.72. The molecule has 0 saturated carbocycles. The van der Waals surface area contributed by atoms with E-state index in [-0.39, 0.29) is 35.2 Å². The lowest BCUT2D eigenvalue weighted by molar-refractivity contribution is -0.325. The predicted molar refractivity (Wildman–Crippen MR) is 109 cm³/mol. The quantitative estimate of drug-likeness (QED) is 0.438. The van der Waals surface area contributed by atoms with Crippen LogP contribution in [0.15, 0.2) is 42.5 Å². The molecule has 0 atom stereocenters. The van der Waals surface area contributed by atoms with Crippen molar-refractivity contribution in [1.82, 2.24) is 4.90 Å². The smallest absolute Gasteiger partial charge is 0.493 e. The summed E-state index contributed by atoms with van der Waals surface area (Å²) >= 11 is 0. The molecule has 1 saturated heterocycles. The molecule has 2 aromatic rings. The van der Waals surface area contributed by atoms with Gasteiger partial charge in [-0.25, -0.2) is 4.39 Å². The van der Waals surface area contributed by atoms with E-state index in [9.17, 15) is 22.4 Å². The zero-order chi connectivity index (χ0) is 23.4. The van der Waals surface area contributed by atoms with E-state index in [1.54, 1.807) is 23.1 Å². The van der Waals surface area contributed by atoms with Crippen LogP contribution in [-0.2, 0) is 10.2 Å². The zero-order valence-electron chi connectivity index (χ0n) is 17.9. The Labute approximate surface area is 183 Å². The van der Waals surface area contributed by atoms with Crippen LogP contribution < -0.4 is 9.47 Å². The summed E-state index contributed by atoms with van der Waals surface area (Å²) in [6.45, 7) is 2.22. The fourth-order valence-corrected chi connectivity index (χ4v) is 3.76. The number of amides is 1. The first-order valence-corrected chi connectivity index (χ1v) is 10.2. The van der Waals surface area contributed by atoms with Gasteiger partial charge in [-0.15, -0.1) is 13.2 Å². The highest BCUT2D eigenvalue weighted by Crippen LogP contribution is 2.36. The van der Waals surface area contributed by atoms with E-state index >= 15 is 0 Å². The van der Waals surface area contributed by atoms with Crippen LogP contribution in [0.5, 0.6) is 11.5 Å². The second-order valence-electron chi connectivity index (χ2n) is 7.87. The maximum Gasteiger partial charge on any atom is 0.522 e. The number of halogens is 4. The number of carbonyl (C=O) groups is 1. The molecule has 5 nitrogen and oxygen atoms in total. The Morgan fingerprint density at radius 2 is 1.69 bits per heavy atom. The molecule has 32 heavy (non-hydrogen) atoms. The molecule has 1 aliphatic rings. The van der Waals surface area contributed by atoms with Crippen LogP contribution in [-0.4, -0.2) is 50.6 Å². The first kappa shape index (κ1) is 23.8. The van der Waals surface area contributed by atoms with Crippen LogP contribution in [0.3, 0.4) is 0 Å². The standard InChI is InChI=1S/C23H25F4NO4/c1-22(17-4-6-18(24)7-5-17)9-11-28(12-10-22)21(29)16-3-8-19(20(15-16)30-2)31-13-14-32-23(25,26)27/h3-8,15H,9-14H2,1-2H3. The van der Waals surface area contributed by atoms with E-state index in [0.717, 1.165) is 18.4 Å². The Hall–Kier alpha value is -2.81. The number of alkyl halides is 3. The highest BCUT2D eigenvalue weighted by atomic mass is 19.4. The van der Waals surface area contributed by atoms with Crippen molar-refractivity contribution in [1.29, 1.82) is 0 Å². The average molecular weight is 455 g/mol. The lowest BCUT2D eigenvalue weighted by Gasteiger charge is -2.40. The Balaban J connectivity index is 1.61. The first-order valence-electron chi connectivity index (χ1n) is 10.2. The van der Waals surface area contributed by atoms with Crippen LogP contribution in [0.25, 0.3) is 0 Å². The molecule has 1 amide bonds. The molecular weight excluding hydrogens is 430 g/mol. The Morgan fingerprint density at radius 1 is 1.03 bits per heavy atom. The van der Waals surface area contributed by atoms with Crippen molar-refractivity contribution in [3.05, 3.63) is 59.4 Å². The second-order valence-corrected chi connectivity index (χ2v) is 7.87. The third-order valence-electron chi connectivity index (χ3n) is 5.71. The number of carbonyl (C=O) groups excluding carboxylic acids is 1. The fourth-order valence-electron chi connectivity index (χ4n) is 3.76. The van der Waals surface area contributed by atoms with Gasteiger partial charge >= 0.3 is 6.36 Å². The van der Waals surface area contributed by atoms with E-state index in [1.807, 2.05) is 0 Å². The van der Waals surface area contributed by atoms with Gasteiger partial charge in [0.05, 0.1) is 13.7 Å². The van der Waals surface area contributed by atoms with E-state index in [4.69, 9.17) is 9.47 Å². The van der Waals surface area contributed by atoms with Crippen LogP contribution in [0.2, 0.25) is 0 Å². The number of ether oxygens (including phenoxy) is 3. The molecule has 1 aliphatic heterocycles. The van der Waals surface area contributed by atoms with Gasteiger partial charge in [0.25, 0.3) is 5.91 Å². The highest BCUT2D eigenvalue weighted by molar-refractivity contribution is 5.95. The van der Waals surface area contributed by atoms with Crippen LogP contribution in [0, 0.1) is 5.82 Å². The van der Waals surface area contributed by atoms with Crippen molar-refractivity contribution in [2.45, 2.75) is 31.5 Å². The van der Waals surface area contributed by atoms with Gasteiger partial charge in [0.15, 0.2) is 11.5 Å². The molecule has 9 heteroatoms. The van der Waals surface area contributed by atoms with Crippen molar-refractivity contribution in [2.75, 3.05) is 33.4 Å². The van der Waals surface area contributed by atoms with Crippen molar-refractivity contribution >= 4 is 5.91 Å². The molecule has 0 spiro atoms. The van der Waals surface area contributed by atoms with E-state index in [2.05, 4.69) is 11.7 Å². The molecule has 1 heterocycles. The number of piperidine rings is 1. The highest BCUT2D eigenvalue weighted by Gasteiger charge is 2.34. The molecular formula is C23H25F4NO4. The van der Waals surface area contributed by atoms with Gasteiger partial charge in [-0.05, 0) is 54.2 Å². The monoisotopic (exact) mass is 455 g/mol. The van der Waals surface area contributed by atoms with Gasteiger partial charge < -0.3 is 14.4 Å². The molecule has 0 N–H and O–H groups in total. The van der Waals surface area contributed by atoms with Crippen LogP contribution in [0.4, 0.5) is 17.6 Å². The lowest BCUT2D eigenvalue weighted by atomic mass is 9.74. The molecule has 1 fully saturated rings. The zero-order valence-corrected chi connectivity index (χ0v) is 17.9. The summed E-state index contributed by atoms with van der Waals surface area (Å²) in [6, 6.07) is 11.0. The second kappa shape index (κ2) is 9.77. The van der Waals surface area contributed by atoms with Crippen molar-refractivity contribution < 1.29 is 36.6 Å². The minimum Gasteiger partial charge on any atom is -0.493 e. The van der Waals surface area contributed by atoms with Gasteiger partial charge in [-0.3, -0.25) is 9.53 Å². The normalized spacial score (nSPS) is 16.0. The summed E-state index contributed by atoms with van der Waals surface area (Å²) in [5.41, 5.74) is 1.30. The van der Waals surface area contributed by atoms with Crippen molar-refractivity contribution in [2.24, 2.45) is 0 Å². The molecule has 0 aromatic heterocycles. The van der Waals surface area contributed by atoms with Crippen LogP contribution in [0.1, 0.15) is 35.7 Å². The molecule has 0 unspecified atom stereocenters. The van der Waals surface area contributed by atoms with Gasteiger partial charge in [0, 0.05) is 18.7 Å². The Morgan fingerprint density at radius 3 is 2.28 bits per heavy atom. The largest absolute Gasteiger partial charge is 0.522 e. The number of likely N-dealkylation sites (tertiary alicyclic amines) is 1. The van der Waals surface area contributed by atoms with E-state index in [0.29, 0.717) is 18.7 Å². The number of rotatable bonds is 7. The Bertz CT molecular complexity index is 923. The summed E-state index contributed by atoms with van der Waals surface area (Å²) in [6.07, 6.45) is -3.24. The molecule has 3 rings (SSSR count). The number of hydrogen-bond donors (Lipinski definition) is 0. The third-order valence-corrected chi connectivity index (χ3v) is 5.71. The van der Waals surface area contributed by atoms with Gasteiger partial charge in [0.2, 0.25) is 0 Å². The summed E-state index contributed by atoms with van der Waals surface area (Å²) < 4.78 is 63.6. The van der Waals surface area contributed by atoms with E-state index < -0.39 is 13.0 Å². The molecule has 0 radical (unpaired) electrons. The van der Waals surface area contributed by atoms with Crippen LogP contribution >= 0.6 is 0 Å². The van der Waals surface area contributed by atoms with Gasteiger partial charge in [-0.2, -0.15) is 0 Å². The molecule has 174 valence electrons. The number of hydrogen-bond acceptors (Lipinski definition) is 4. The SMILES string of the molecule is COc1cc(C(=O)N2CCC(C)(c3ccc(F)cc3)CC2)ccc1OCCOC(F)(F)F. The number of benzene rings is 2. The van der Waals surface area contributed by atoms with Gasteiger partial charge in [0.1, 0.15) is 12.4 Å². The maximum atomic E-state index is 13.2. The summed E-state index contributed by atoms with van der Waals surface area (Å²) in [5.74, 6) is 0.0176. The Kier molecular flexibility index (Phi) is 7.28. The fraction of sp³-hybridized carbons (Fsp3) is 0.435. The topological polar surface area (TPSA) is 48.0 Å². The first-order chi connectivity index (χ1) is 15.1. The summed E-state index contributed by atoms with van der Waals surface area (Å²) in [5, 5.41) is 0. The minimum absolute atomic E-state index is 0.141. The average Bonchev–Trinajstić information content (AvgIpc) is 2.76. The van der Waals surface area contributed by atoms with E-state index in [1.165, 1.54) is 31.4 Å². The maximum absolute atomic E-state index is 13.2. The number of nitrogens with zero attached hydrogens (tertiary/aromatic N) is 1. The number of methoxy groups -OCH3 is 1. The predicted octanol–water partition coefficient (Wildman–Crippen LogP) is 4.94.